The van der Waals surface area contributed by atoms with E-state index in [4.69, 9.17) is 4.74 Å². The van der Waals surface area contributed by atoms with Gasteiger partial charge in [0.1, 0.15) is 21.2 Å². The number of likely N-dealkylation sites (tertiary alicyclic amines) is 1. The van der Waals surface area contributed by atoms with Crippen LogP contribution in [0.15, 0.2) is 60.8 Å². The van der Waals surface area contributed by atoms with Crippen molar-refractivity contribution >= 4 is 50.6 Å². The minimum absolute atomic E-state index is 0.0550. The molecular weight excluding hydrogens is 486 g/mol. The van der Waals surface area contributed by atoms with Gasteiger partial charge in [-0.3, -0.25) is 9.69 Å². The van der Waals surface area contributed by atoms with E-state index < -0.39 is 0 Å². The summed E-state index contributed by atoms with van der Waals surface area (Å²) in [5.74, 6) is 1.38. The average molecular weight is 514 g/mol. The van der Waals surface area contributed by atoms with Gasteiger partial charge in [0.2, 0.25) is 0 Å². The summed E-state index contributed by atoms with van der Waals surface area (Å²) >= 11 is 1.34. The highest BCUT2D eigenvalue weighted by molar-refractivity contribution is 7.21. The molecule has 4 aromatic rings. The topological polar surface area (TPSA) is 78.0 Å². The van der Waals surface area contributed by atoms with Gasteiger partial charge >= 0.3 is 6.03 Å². The number of amides is 3. The van der Waals surface area contributed by atoms with Gasteiger partial charge in [0, 0.05) is 25.3 Å². The first kappa shape index (κ1) is 23.4. The first-order valence-corrected chi connectivity index (χ1v) is 13.0. The van der Waals surface area contributed by atoms with Gasteiger partial charge in [-0.15, -0.1) is 11.3 Å². The molecule has 1 saturated heterocycles. The summed E-state index contributed by atoms with van der Waals surface area (Å²) in [5, 5.41) is 3.80. The third-order valence-electron chi connectivity index (χ3n) is 7.01. The Hall–Kier alpha value is -3.95. The van der Waals surface area contributed by atoms with Crippen LogP contribution in [-0.2, 0) is 0 Å². The lowest BCUT2D eigenvalue weighted by Crippen LogP contribution is -2.36. The van der Waals surface area contributed by atoms with Gasteiger partial charge in [0.25, 0.3) is 5.91 Å². The SMILES string of the molecule is Cc1cc(Oc2ccccc2)ccc1N1C(=O)Nc2c(C(=O)N3CCC(N(C)C)C3)sc3nccc1c23. The Morgan fingerprint density at radius 2 is 1.92 bits per heavy atom. The number of aryl methyl sites for hydroxylation is 1. The van der Waals surface area contributed by atoms with Crippen LogP contribution in [0.1, 0.15) is 21.7 Å². The number of carbonyl (C=O) groups is 2. The van der Waals surface area contributed by atoms with Gasteiger partial charge in [-0.25, -0.2) is 9.78 Å². The van der Waals surface area contributed by atoms with Crippen LogP contribution < -0.4 is 15.0 Å². The molecule has 1 atom stereocenters. The van der Waals surface area contributed by atoms with E-state index in [9.17, 15) is 9.59 Å². The maximum Gasteiger partial charge on any atom is 0.331 e. The zero-order valence-electron chi connectivity index (χ0n) is 20.9. The smallest absolute Gasteiger partial charge is 0.331 e. The number of ether oxygens (including phenoxy) is 1. The van der Waals surface area contributed by atoms with Crippen molar-refractivity contribution in [2.75, 3.05) is 37.4 Å². The van der Waals surface area contributed by atoms with Crippen LogP contribution in [0.5, 0.6) is 11.5 Å². The predicted molar refractivity (Wildman–Crippen MR) is 146 cm³/mol. The maximum atomic E-state index is 13.5. The van der Waals surface area contributed by atoms with Crippen molar-refractivity contribution in [3.05, 3.63) is 71.2 Å². The molecule has 1 N–H and O–H groups in total. The van der Waals surface area contributed by atoms with E-state index in [-0.39, 0.29) is 11.9 Å². The minimum atomic E-state index is -0.306. The van der Waals surface area contributed by atoms with E-state index in [1.165, 1.54) is 11.3 Å². The molecule has 0 bridgehead atoms. The molecule has 0 aliphatic carbocycles. The second-order valence-electron chi connectivity index (χ2n) is 9.60. The Kier molecular flexibility index (Phi) is 5.81. The number of rotatable bonds is 5. The molecule has 37 heavy (non-hydrogen) atoms. The third kappa shape index (κ3) is 4.10. The number of carbonyl (C=O) groups excluding carboxylic acids is 2. The number of hydrogen-bond acceptors (Lipinski definition) is 6. The Bertz CT molecular complexity index is 1520. The fourth-order valence-electron chi connectivity index (χ4n) is 5.03. The van der Waals surface area contributed by atoms with Gasteiger partial charge in [0.15, 0.2) is 0 Å². The maximum absolute atomic E-state index is 13.5. The van der Waals surface area contributed by atoms with Crippen LogP contribution in [-0.4, -0.2) is 59.9 Å². The fraction of sp³-hybridized carbons (Fsp3) is 0.250. The molecule has 1 fully saturated rings. The lowest BCUT2D eigenvalue weighted by molar-refractivity contribution is 0.0789. The Morgan fingerprint density at radius 1 is 1.11 bits per heavy atom. The first-order valence-electron chi connectivity index (χ1n) is 12.2. The van der Waals surface area contributed by atoms with Gasteiger partial charge in [0.05, 0.1) is 22.4 Å². The molecule has 2 aromatic carbocycles. The highest BCUT2D eigenvalue weighted by atomic mass is 32.1. The summed E-state index contributed by atoms with van der Waals surface area (Å²) in [7, 11) is 4.07. The van der Waals surface area contributed by atoms with Crippen LogP contribution >= 0.6 is 11.3 Å². The van der Waals surface area contributed by atoms with Crippen LogP contribution in [0, 0.1) is 6.92 Å². The van der Waals surface area contributed by atoms with E-state index in [0.29, 0.717) is 41.1 Å². The third-order valence-corrected chi connectivity index (χ3v) is 8.09. The molecule has 0 spiro atoms. The van der Waals surface area contributed by atoms with E-state index in [0.717, 1.165) is 33.6 Å². The highest BCUT2D eigenvalue weighted by Gasteiger charge is 2.36. The summed E-state index contributed by atoms with van der Waals surface area (Å²) in [6.07, 6.45) is 2.63. The molecule has 2 aromatic heterocycles. The summed E-state index contributed by atoms with van der Waals surface area (Å²) in [6, 6.07) is 17.1. The van der Waals surface area contributed by atoms with Crippen molar-refractivity contribution in [2.45, 2.75) is 19.4 Å². The largest absolute Gasteiger partial charge is 0.457 e. The molecule has 2 aliphatic rings. The summed E-state index contributed by atoms with van der Waals surface area (Å²) < 4.78 is 5.97. The lowest BCUT2D eigenvalue weighted by atomic mass is 10.1. The number of hydrogen-bond donors (Lipinski definition) is 1. The number of thiophene rings is 1. The van der Waals surface area contributed by atoms with Crippen molar-refractivity contribution in [1.82, 2.24) is 14.8 Å². The normalized spacial score (nSPS) is 17.0. The number of aromatic nitrogens is 1. The standard InChI is InChI=1S/C28H27N5O3S/c1-17-15-20(36-19-7-5-4-6-8-19)9-10-21(17)33-22-11-13-29-26-23(22)24(30-28(33)35)25(37-26)27(34)32-14-12-18(16-32)31(2)3/h4-11,13,15,18H,12,14,16H2,1-3H3,(H,30,35). The number of likely N-dealkylation sites (N-methyl/N-ethyl adjacent to an activating group) is 1. The molecule has 0 radical (unpaired) electrons. The quantitative estimate of drug-likeness (QED) is 0.362. The lowest BCUT2D eigenvalue weighted by Gasteiger charge is -2.30. The highest BCUT2D eigenvalue weighted by Crippen LogP contribution is 2.47. The molecule has 9 heteroatoms. The van der Waals surface area contributed by atoms with Crippen molar-refractivity contribution in [3.8, 4) is 11.5 Å². The van der Waals surface area contributed by atoms with E-state index in [1.54, 1.807) is 11.1 Å². The van der Waals surface area contributed by atoms with E-state index in [2.05, 4.69) is 15.2 Å². The first-order chi connectivity index (χ1) is 17.9. The molecule has 6 rings (SSSR count). The number of para-hydroxylation sites is 1. The van der Waals surface area contributed by atoms with E-state index >= 15 is 0 Å². The number of benzene rings is 2. The van der Waals surface area contributed by atoms with Crippen LogP contribution in [0.4, 0.5) is 21.9 Å². The monoisotopic (exact) mass is 513 g/mol. The zero-order chi connectivity index (χ0) is 25.7. The number of nitrogens with zero attached hydrogens (tertiary/aromatic N) is 4. The summed E-state index contributed by atoms with van der Waals surface area (Å²) in [4.78, 5) is 38.5. The molecule has 188 valence electrons. The van der Waals surface area contributed by atoms with Crippen molar-refractivity contribution in [3.63, 3.8) is 0 Å². The number of pyridine rings is 1. The van der Waals surface area contributed by atoms with Crippen molar-refractivity contribution in [2.24, 2.45) is 0 Å². The molecule has 3 amide bonds. The second kappa shape index (κ2) is 9.17. The molecular formula is C28H27N5O3S. The Labute approximate surface area is 219 Å². The Balaban J connectivity index is 1.35. The average Bonchev–Trinajstić information content (AvgIpc) is 3.52. The second-order valence-corrected chi connectivity index (χ2v) is 10.6. The molecule has 0 saturated carbocycles. The van der Waals surface area contributed by atoms with Gasteiger partial charge in [-0.2, -0.15) is 0 Å². The zero-order valence-corrected chi connectivity index (χ0v) is 21.7. The molecule has 1 unspecified atom stereocenters. The van der Waals surface area contributed by atoms with Crippen LogP contribution in [0.3, 0.4) is 0 Å². The Morgan fingerprint density at radius 3 is 2.65 bits per heavy atom. The summed E-state index contributed by atoms with van der Waals surface area (Å²) in [5.41, 5.74) is 2.90. The number of anilines is 3. The number of urea groups is 1. The molecule has 4 heterocycles. The fourth-order valence-corrected chi connectivity index (χ4v) is 6.12. The minimum Gasteiger partial charge on any atom is -0.457 e. The number of nitrogens with one attached hydrogen (secondary N) is 1. The van der Waals surface area contributed by atoms with Crippen molar-refractivity contribution < 1.29 is 14.3 Å². The van der Waals surface area contributed by atoms with Crippen molar-refractivity contribution in [1.29, 1.82) is 0 Å². The van der Waals surface area contributed by atoms with Gasteiger partial charge in [-0.05, 0) is 69.4 Å². The van der Waals surface area contributed by atoms with Crippen LogP contribution in [0.25, 0.3) is 10.2 Å². The van der Waals surface area contributed by atoms with Gasteiger partial charge in [-0.1, -0.05) is 18.2 Å². The summed E-state index contributed by atoms with van der Waals surface area (Å²) in [6.45, 7) is 3.33. The van der Waals surface area contributed by atoms with E-state index in [1.807, 2.05) is 80.5 Å². The predicted octanol–water partition coefficient (Wildman–Crippen LogP) is 5.86. The molecule has 8 nitrogen and oxygen atoms in total. The van der Waals surface area contributed by atoms with Gasteiger partial charge < -0.3 is 19.9 Å². The molecule has 2 aliphatic heterocycles. The van der Waals surface area contributed by atoms with Crippen LogP contribution in [0.2, 0.25) is 0 Å².